The summed E-state index contributed by atoms with van der Waals surface area (Å²) in [5.41, 5.74) is -0.683. The van der Waals surface area contributed by atoms with Gasteiger partial charge in [-0.15, -0.1) is 0 Å². The summed E-state index contributed by atoms with van der Waals surface area (Å²) in [5.74, 6) is -3.68. The summed E-state index contributed by atoms with van der Waals surface area (Å²) in [7, 11) is -7.30. The Balaban J connectivity index is 2.24. The minimum atomic E-state index is -4.41. The van der Waals surface area contributed by atoms with Gasteiger partial charge >= 0.3 is 5.92 Å². The van der Waals surface area contributed by atoms with Crippen LogP contribution in [0.1, 0.15) is 5.69 Å². The molecule has 0 amide bonds. The Hall–Kier alpha value is -2.15. The van der Waals surface area contributed by atoms with E-state index < -0.39 is 48.0 Å². The fourth-order valence-corrected chi connectivity index (χ4v) is 3.62. The van der Waals surface area contributed by atoms with Gasteiger partial charge in [-0.3, -0.25) is 0 Å². The lowest BCUT2D eigenvalue weighted by molar-refractivity contribution is -0.00289. The van der Waals surface area contributed by atoms with Crippen molar-refractivity contribution in [1.29, 1.82) is 0 Å². The second kappa shape index (κ2) is 7.23. The number of hydrogen-bond acceptors (Lipinski definition) is 6. The maximum absolute atomic E-state index is 14.2. The number of ether oxygens (including phenoxy) is 1. The molecule has 0 saturated carbocycles. The molecule has 2 rings (SSSR count). The van der Waals surface area contributed by atoms with E-state index in [1.807, 2.05) is 0 Å². The zero-order valence-corrected chi connectivity index (χ0v) is 15.0. The minimum Gasteiger partial charge on any atom is -0.481 e. The number of pyridine rings is 1. The van der Waals surface area contributed by atoms with Crippen molar-refractivity contribution < 1.29 is 30.4 Å². The van der Waals surface area contributed by atoms with Crippen molar-refractivity contribution in [2.75, 3.05) is 13.7 Å². The molecule has 0 aliphatic carbocycles. The first-order valence-electron chi connectivity index (χ1n) is 6.97. The largest absolute Gasteiger partial charge is 0.481 e. The van der Waals surface area contributed by atoms with Crippen LogP contribution in [0.25, 0.3) is 0 Å². The molecule has 3 N–H and O–H groups in total. The van der Waals surface area contributed by atoms with Gasteiger partial charge in [0.05, 0.1) is 23.4 Å². The van der Waals surface area contributed by atoms with Crippen molar-refractivity contribution >= 4 is 20.0 Å². The van der Waals surface area contributed by atoms with Crippen LogP contribution < -0.4 is 14.6 Å². The van der Waals surface area contributed by atoms with Gasteiger partial charge in [-0.05, 0) is 24.3 Å². The molecule has 0 aliphatic heterocycles. The monoisotopic (exact) mass is 407 g/mol. The van der Waals surface area contributed by atoms with Crippen LogP contribution in [0.3, 0.4) is 0 Å². The van der Waals surface area contributed by atoms with Crippen LogP contribution in [0.4, 0.5) is 8.78 Å². The first-order chi connectivity index (χ1) is 12.0. The molecule has 0 bridgehead atoms. The Kier molecular flexibility index (Phi) is 5.61. The van der Waals surface area contributed by atoms with Crippen molar-refractivity contribution in [1.82, 2.24) is 9.71 Å². The van der Waals surface area contributed by atoms with Crippen LogP contribution in [0.15, 0.2) is 52.3 Å². The van der Waals surface area contributed by atoms with Gasteiger partial charge in [-0.25, -0.2) is 31.7 Å². The predicted octanol–water partition coefficient (Wildman–Crippen LogP) is 0.808. The fraction of sp³-hybridized carbons (Fsp3) is 0.214. The van der Waals surface area contributed by atoms with Gasteiger partial charge < -0.3 is 4.74 Å². The number of alkyl halides is 2. The molecule has 12 heteroatoms. The van der Waals surface area contributed by atoms with E-state index >= 15 is 0 Å². The summed E-state index contributed by atoms with van der Waals surface area (Å²) in [4.78, 5) is 2.61. The average Bonchev–Trinajstić information content (AvgIpc) is 2.60. The molecule has 1 aromatic carbocycles. The Bertz CT molecular complexity index is 1010. The Morgan fingerprint density at radius 3 is 2.35 bits per heavy atom. The number of methoxy groups -OCH3 is 1. The molecule has 142 valence electrons. The number of nitrogens with two attached hydrogens (primary N) is 1. The lowest BCUT2D eigenvalue weighted by Crippen LogP contribution is -2.35. The maximum Gasteiger partial charge on any atom is 0.303 e. The summed E-state index contributed by atoms with van der Waals surface area (Å²) < 4.78 is 81.9. The number of hydrogen-bond donors (Lipinski definition) is 2. The number of benzene rings is 1. The second-order valence-electron chi connectivity index (χ2n) is 5.11. The highest BCUT2D eigenvalue weighted by Gasteiger charge is 2.35. The third-order valence-corrected chi connectivity index (χ3v) is 5.55. The first-order valence-corrected chi connectivity index (χ1v) is 10.0. The topological polar surface area (TPSA) is 128 Å². The molecule has 0 fully saturated rings. The molecule has 8 nitrogen and oxygen atoms in total. The fourth-order valence-electron chi connectivity index (χ4n) is 1.91. The van der Waals surface area contributed by atoms with E-state index in [1.165, 1.54) is 19.2 Å². The molecule has 0 radical (unpaired) electrons. The third-order valence-electron chi connectivity index (χ3n) is 3.24. The molecule has 0 unspecified atom stereocenters. The van der Waals surface area contributed by atoms with Gasteiger partial charge in [0.15, 0.2) is 0 Å². The number of nitrogens with zero attached hydrogens (tertiary/aromatic N) is 1. The Morgan fingerprint density at radius 2 is 1.73 bits per heavy atom. The van der Waals surface area contributed by atoms with E-state index in [4.69, 9.17) is 9.88 Å². The molecular formula is C14H15F2N3O5S2. The van der Waals surface area contributed by atoms with Crippen LogP contribution >= 0.6 is 0 Å². The lowest BCUT2D eigenvalue weighted by atomic mass is 10.2. The minimum absolute atomic E-state index is 0.0501. The Morgan fingerprint density at radius 1 is 1.12 bits per heavy atom. The number of primary sulfonamides is 1. The van der Waals surface area contributed by atoms with Gasteiger partial charge in [0.1, 0.15) is 5.69 Å². The summed E-state index contributed by atoms with van der Waals surface area (Å²) in [6.07, 6.45) is 0. The number of aromatic nitrogens is 1. The molecule has 26 heavy (non-hydrogen) atoms. The van der Waals surface area contributed by atoms with E-state index in [0.29, 0.717) is 0 Å². The Labute approximate surface area is 149 Å². The van der Waals surface area contributed by atoms with Crippen LogP contribution in [-0.2, 0) is 26.0 Å². The van der Waals surface area contributed by atoms with Gasteiger partial charge in [0, 0.05) is 6.07 Å². The van der Waals surface area contributed by atoms with Crippen molar-refractivity contribution in [3.05, 3.63) is 48.2 Å². The highest BCUT2D eigenvalue weighted by molar-refractivity contribution is 7.90. The van der Waals surface area contributed by atoms with Crippen molar-refractivity contribution in [2.45, 2.75) is 15.7 Å². The molecule has 1 heterocycles. The number of rotatable bonds is 7. The maximum atomic E-state index is 14.2. The zero-order valence-electron chi connectivity index (χ0n) is 13.4. The molecule has 0 saturated heterocycles. The zero-order chi connectivity index (χ0) is 19.6. The standard InChI is InChI=1S/C14H15F2N3O5S2/c1-24-13-7-3-6-12(19-13)14(15,16)9-18-26(22,23)11-5-2-4-10(8-11)25(17,20)21/h2-8,18H,9H2,1H3,(H2,17,20,21). The van der Waals surface area contributed by atoms with Crippen molar-refractivity contribution in [3.63, 3.8) is 0 Å². The van der Waals surface area contributed by atoms with Crippen LogP contribution in [0.2, 0.25) is 0 Å². The molecule has 0 atom stereocenters. The highest BCUT2D eigenvalue weighted by Crippen LogP contribution is 2.27. The van der Waals surface area contributed by atoms with Crippen LogP contribution in [-0.4, -0.2) is 35.5 Å². The third kappa shape index (κ3) is 4.72. The van der Waals surface area contributed by atoms with Gasteiger partial charge in [0.25, 0.3) is 0 Å². The summed E-state index contributed by atoms with van der Waals surface area (Å²) >= 11 is 0. The number of nitrogens with one attached hydrogen (secondary N) is 1. The van der Waals surface area contributed by atoms with E-state index in [0.717, 1.165) is 30.3 Å². The second-order valence-corrected chi connectivity index (χ2v) is 8.44. The predicted molar refractivity (Wildman–Crippen MR) is 87.7 cm³/mol. The average molecular weight is 407 g/mol. The van der Waals surface area contributed by atoms with E-state index in [9.17, 15) is 25.6 Å². The van der Waals surface area contributed by atoms with E-state index in [-0.39, 0.29) is 5.88 Å². The summed E-state index contributed by atoms with van der Waals surface area (Å²) in [6, 6.07) is 7.73. The van der Waals surface area contributed by atoms with E-state index in [1.54, 1.807) is 4.72 Å². The van der Waals surface area contributed by atoms with Gasteiger partial charge in [-0.1, -0.05) is 12.1 Å². The number of sulfonamides is 2. The quantitative estimate of drug-likeness (QED) is 0.699. The van der Waals surface area contributed by atoms with E-state index in [2.05, 4.69) is 4.98 Å². The summed E-state index contributed by atoms with van der Waals surface area (Å²) in [5, 5.41) is 4.93. The lowest BCUT2D eigenvalue weighted by Gasteiger charge is -2.17. The smallest absolute Gasteiger partial charge is 0.303 e. The molecule has 0 aliphatic rings. The SMILES string of the molecule is COc1cccc(C(F)(F)CNS(=O)(=O)c2cccc(S(N)(=O)=O)c2)n1. The molecule has 1 aromatic heterocycles. The molecule has 0 spiro atoms. The molecular weight excluding hydrogens is 392 g/mol. The van der Waals surface area contributed by atoms with Crippen LogP contribution in [0, 0.1) is 0 Å². The van der Waals surface area contributed by atoms with Crippen LogP contribution in [0.5, 0.6) is 5.88 Å². The van der Waals surface area contributed by atoms with Crippen molar-refractivity contribution in [3.8, 4) is 5.88 Å². The van der Waals surface area contributed by atoms with Gasteiger partial charge in [-0.2, -0.15) is 8.78 Å². The number of halogens is 2. The van der Waals surface area contributed by atoms with Gasteiger partial charge in [0.2, 0.25) is 25.9 Å². The normalized spacial score (nSPS) is 12.8. The summed E-state index contributed by atoms with van der Waals surface area (Å²) in [6.45, 7) is -1.28. The highest BCUT2D eigenvalue weighted by atomic mass is 32.2. The first kappa shape index (κ1) is 20.2. The molecule has 2 aromatic rings. The van der Waals surface area contributed by atoms with Crippen molar-refractivity contribution in [2.24, 2.45) is 5.14 Å².